The normalized spacial score (nSPS) is 14.2. The Morgan fingerprint density at radius 2 is 2.22 bits per heavy atom. The van der Waals surface area contributed by atoms with Crippen LogP contribution in [-0.2, 0) is 6.54 Å². The van der Waals surface area contributed by atoms with Crippen LogP contribution in [0.15, 0.2) is 36.8 Å². The highest BCUT2D eigenvalue weighted by molar-refractivity contribution is 5.57. The van der Waals surface area contributed by atoms with E-state index in [1.54, 1.807) is 0 Å². The van der Waals surface area contributed by atoms with Crippen LogP contribution in [0.1, 0.15) is 30.1 Å². The number of hydrogen-bond donors (Lipinski definition) is 1. The first kappa shape index (κ1) is 10.8. The van der Waals surface area contributed by atoms with Crippen LogP contribution in [0.4, 0.5) is 5.69 Å². The third-order valence-corrected chi connectivity index (χ3v) is 3.19. The van der Waals surface area contributed by atoms with Gasteiger partial charge in [-0.25, -0.2) is 4.98 Å². The molecule has 4 heteroatoms. The Labute approximate surface area is 106 Å². The average Bonchev–Trinajstić information content (AvgIpc) is 3.16. The number of para-hydroxylation sites is 1. The molecule has 1 aromatic carbocycles. The maximum absolute atomic E-state index is 9.02. The molecule has 0 radical (unpaired) electrons. The summed E-state index contributed by atoms with van der Waals surface area (Å²) in [6.07, 6.45) is 6.28. The van der Waals surface area contributed by atoms with Crippen LogP contribution in [0.25, 0.3) is 0 Å². The van der Waals surface area contributed by atoms with Gasteiger partial charge < -0.3 is 9.88 Å². The van der Waals surface area contributed by atoms with Crippen LogP contribution >= 0.6 is 0 Å². The summed E-state index contributed by atoms with van der Waals surface area (Å²) in [7, 11) is 0. The molecule has 0 bridgehead atoms. The molecule has 0 atom stereocenters. The van der Waals surface area contributed by atoms with Gasteiger partial charge in [-0.3, -0.25) is 0 Å². The number of nitriles is 1. The second-order valence-corrected chi connectivity index (χ2v) is 4.53. The molecule has 0 aliphatic heterocycles. The van der Waals surface area contributed by atoms with Crippen LogP contribution < -0.4 is 5.32 Å². The van der Waals surface area contributed by atoms with Gasteiger partial charge in [0.05, 0.1) is 29.8 Å². The van der Waals surface area contributed by atoms with Crippen molar-refractivity contribution in [2.24, 2.45) is 0 Å². The number of imidazole rings is 1. The number of hydrogen-bond acceptors (Lipinski definition) is 3. The van der Waals surface area contributed by atoms with Gasteiger partial charge in [-0.15, -0.1) is 0 Å². The maximum atomic E-state index is 9.02. The number of nitrogens with one attached hydrogen (secondary N) is 1. The highest BCUT2D eigenvalue weighted by atomic mass is 15.1. The summed E-state index contributed by atoms with van der Waals surface area (Å²) in [5, 5.41) is 12.3. The van der Waals surface area contributed by atoms with E-state index in [1.807, 2.05) is 36.8 Å². The van der Waals surface area contributed by atoms with Gasteiger partial charge in [0.15, 0.2) is 0 Å². The van der Waals surface area contributed by atoms with Crippen molar-refractivity contribution in [3.63, 3.8) is 0 Å². The molecule has 1 heterocycles. The Morgan fingerprint density at radius 3 is 3.00 bits per heavy atom. The number of nitrogens with zero attached hydrogens (tertiary/aromatic N) is 3. The summed E-state index contributed by atoms with van der Waals surface area (Å²) in [6, 6.07) is 10.4. The van der Waals surface area contributed by atoms with E-state index in [0.717, 1.165) is 5.69 Å². The van der Waals surface area contributed by atoms with E-state index in [9.17, 15) is 0 Å². The number of aromatic nitrogens is 2. The van der Waals surface area contributed by atoms with Crippen molar-refractivity contribution < 1.29 is 0 Å². The summed E-state index contributed by atoms with van der Waals surface area (Å²) in [6.45, 7) is 0.704. The predicted molar refractivity (Wildman–Crippen MR) is 69.0 cm³/mol. The standard InChI is InChI=1S/C14H14N4/c15-7-11-3-1-2-4-14(11)17-9-13-8-16-10-18(13)12-5-6-12/h1-4,8,10,12,17H,5-6,9H2. The summed E-state index contributed by atoms with van der Waals surface area (Å²) in [4.78, 5) is 4.20. The Morgan fingerprint density at radius 1 is 1.39 bits per heavy atom. The Balaban J connectivity index is 1.74. The zero-order valence-electron chi connectivity index (χ0n) is 10.0. The van der Waals surface area contributed by atoms with Gasteiger partial charge >= 0.3 is 0 Å². The molecule has 0 saturated heterocycles. The van der Waals surface area contributed by atoms with Crippen LogP contribution in [-0.4, -0.2) is 9.55 Å². The average molecular weight is 238 g/mol. The van der Waals surface area contributed by atoms with E-state index < -0.39 is 0 Å². The summed E-state index contributed by atoms with van der Waals surface area (Å²) in [5.41, 5.74) is 2.73. The Bertz CT molecular complexity index is 590. The molecule has 1 N–H and O–H groups in total. The van der Waals surface area contributed by atoms with E-state index in [4.69, 9.17) is 5.26 Å². The molecule has 1 fully saturated rings. The van der Waals surface area contributed by atoms with Crippen molar-refractivity contribution in [3.05, 3.63) is 48.0 Å². The Hall–Kier alpha value is -2.28. The minimum atomic E-state index is 0.635. The third-order valence-electron chi connectivity index (χ3n) is 3.19. The summed E-state index contributed by atoms with van der Waals surface area (Å²) >= 11 is 0. The molecule has 0 amide bonds. The fraction of sp³-hybridized carbons (Fsp3) is 0.286. The van der Waals surface area contributed by atoms with Gasteiger partial charge in [-0.2, -0.15) is 5.26 Å². The van der Waals surface area contributed by atoms with Crippen LogP contribution in [0.2, 0.25) is 0 Å². The molecule has 4 nitrogen and oxygen atoms in total. The van der Waals surface area contributed by atoms with Gasteiger partial charge in [0.1, 0.15) is 6.07 Å². The number of rotatable bonds is 4. The lowest BCUT2D eigenvalue weighted by Crippen LogP contribution is -2.06. The minimum absolute atomic E-state index is 0.635. The van der Waals surface area contributed by atoms with Crippen molar-refractivity contribution in [2.75, 3.05) is 5.32 Å². The van der Waals surface area contributed by atoms with E-state index in [0.29, 0.717) is 18.2 Å². The zero-order chi connectivity index (χ0) is 12.4. The molecule has 1 saturated carbocycles. The second-order valence-electron chi connectivity index (χ2n) is 4.53. The van der Waals surface area contributed by atoms with Crippen molar-refractivity contribution in [1.82, 2.24) is 9.55 Å². The molecule has 0 unspecified atom stereocenters. The number of benzene rings is 1. The first-order chi connectivity index (χ1) is 8.88. The van der Waals surface area contributed by atoms with Crippen molar-refractivity contribution in [3.8, 4) is 6.07 Å². The van der Waals surface area contributed by atoms with Crippen LogP contribution in [0, 0.1) is 11.3 Å². The lowest BCUT2D eigenvalue weighted by Gasteiger charge is -2.10. The molecule has 2 aromatic rings. The van der Waals surface area contributed by atoms with E-state index in [1.165, 1.54) is 18.5 Å². The van der Waals surface area contributed by atoms with Crippen molar-refractivity contribution >= 4 is 5.69 Å². The maximum Gasteiger partial charge on any atom is 0.101 e. The quantitative estimate of drug-likeness (QED) is 0.891. The summed E-state index contributed by atoms with van der Waals surface area (Å²) < 4.78 is 2.22. The fourth-order valence-corrected chi connectivity index (χ4v) is 2.07. The van der Waals surface area contributed by atoms with Gasteiger partial charge in [-0.05, 0) is 25.0 Å². The largest absolute Gasteiger partial charge is 0.378 e. The van der Waals surface area contributed by atoms with Crippen molar-refractivity contribution in [1.29, 1.82) is 5.26 Å². The minimum Gasteiger partial charge on any atom is -0.378 e. The lowest BCUT2D eigenvalue weighted by atomic mass is 10.2. The fourth-order valence-electron chi connectivity index (χ4n) is 2.07. The van der Waals surface area contributed by atoms with Gasteiger partial charge in [0.2, 0.25) is 0 Å². The van der Waals surface area contributed by atoms with Gasteiger partial charge in [0, 0.05) is 12.2 Å². The lowest BCUT2D eigenvalue weighted by molar-refractivity contribution is 0.701. The molecule has 18 heavy (non-hydrogen) atoms. The Kier molecular flexibility index (Phi) is 2.73. The first-order valence-corrected chi connectivity index (χ1v) is 6.12. The van der Waals surface area contributed by atoms with Gasteiger partial charge in [-0.1, -0.05) is 12.1 Å². The molecule has 1 aromatic heterocycles. The molecular weight excluding hydrogens is 224 g/mol. The van der Waals surface area contributed by atoms with Crippen LogP contribution in [0.5, 0.6) is 0 Å². The molecule has 3 rings (SSSR count). The molecule has 1 aliphatic rings. The predicted octanol–water partition coefficient (Wildman–Crippen LogP) is 2.70. The zero-order valence-corrected chi connectivity index (χ0v) is 10.0. The molecular formula is C14H14N4. The highest BCUT2D eigenvalue weighted by Gasteiger charge is 2.24. The van der Waals surface area contributed by atoms with Gasteiger partial charge in [0.25, 0.3) is 0 Å². The van der Waals surface area contributed by atoms with E-state index in [-0.39, 0.29) is 0 Å². The first-order valence-electron chi connectivity index (χ1n) is 6.12. The second kappa shape index (κ2) is 4.53. The van der Waals surface area contributed by atoms with E-state index in [2.05, 4.69) is 20.9 Å². The molecule has 90 valence electrons. The summed E-state index contributed by atoms with van der Waals surface area (Å²) in [5.74, 6) is 0. The van der Waals surface area contributed by atoms with E-state index >= 15 is 0 Å². The number of anilines is 1. The SMILES string of the molecule is N#Cc1ccccc1NCc1cncn1C1CC1. The van der Waals surface area contributed by atoms with Crippen molar-refractivity contribution in [2.45, 2.75) is 25.4 Å². The topological polar surface area (TPSA) is 53.6 Å². The monoisotopic (exact) mass is 238 g/mol. The molecule has 1 aliphatic carbocycles. The highest BCUT2D eigenvalue weighted by Crippen LogP contribution is 2.35. The molecule has 0 spiro atoms. The smallest absolute Gasteiger partial charge is 0.101 e. The van der Waals surface area contributed by atoms with Crippen LogP contribution in [0.3, 0.4) is 0 Å². The third kappa shape index (κ3) is 2.07.